The summed E-state index contributed by atoms with van der Waals surface area (Å²) in [4.78, 5) is 59.9. The first kappa shape index (κ1) is 41.4. The summed E-state index contributed by atoms with van der Waals surface area (Å²) in [7, 11) is 0. The Morgan fingerprint density at radius 2 is 1.02 bits per heavy atom. The fourth-order valence-corrected chi connectivity index (χ4v) is 4.82. The standard InChI is InChI=1S/C34H61NO9/c1-4-6-8-10-12-14-16-18-20-22-32(39)42-26-29(27-43-34(41)30(35-28(3)36)24-25-31(37)38)44-33(40)23-21-19-17-15-13-11-9-7-5-2/h29-30H,4-27H2,1-3H3,(H,35,36)(H,37,38)/t29-,30+/m1/s1. The molecule has 0 bridgehead atoms. The highest BCUT2D eigenvalue weighted by atomic mass is 16.6. The number of carbonyl (C=O) groups is 5. The third kappa shape index (κ3) is 26.9. The summed E-state index contributed by atoms with van der Waals surface area (Å²) in [5.41, 5.74) is 0. The van der Waals surface area contributed by atoms with Crippen LogP contribution in [0.2, 0.25) is 0 Å². The lowest BCUT2D eigenvalue weighted by Gasteiger charge is -2.21. The van der Waals surface area contributed by atoms with E-state index in [0.717, 1.165) is 38.5 Å². The average Bonchev–Trinajstić information content (AvgIpc) is 2.98. The van der Waals surface area contributed by atoms with E-state index in [1.54, 1.807) is 0 Å². The molecule has 10 heteroatoms. The third-order valence-corrected chi connectivity index (χ3v) is 7.42. The van der Waals surface area contributed by atoms with E-state index < -0.39 is 41.9 Å². The van der Waals surface area contributed by atoms with Gasteiger partial charge < -0.3 is 24.6 Å². The van der Waals surface area contributed by atoms with Crippen molar-refractivity contribution in [1.82, 2.24) is 5.32 Å². The molecule has 0 aromatic heterocycles. The van der Waals surface area contributed by atoms with Gasteiger partial charge >= 0.3 is 23.9 Å². The molecule has 0 aliphatic rings. The highest BCUT2D eigenvalue weighted by molar-refractivity contribution is 5.83. The number of unbranched alkanes of at least 4 members (excludes halogenated alkanes) is 16. The van der Waals surface area contributed by atoms with E-state index in [9.17, 15) is 24.0 Å². The first-order valence-electron chi connectivity index (χ1n) is 17.2. The topological polar surface area (TPSA) is 145 Å². The Morgan fingerprint density at radius 3 is 1.48 bits per heavy atom. The van der Waals surface area contributed by atoms with Gasteiger partial charge in [-0.05, 0) is 19.3 Å². The molecule has 2 atom stereocenters. The van der Waals surface area contributed by atoms with Crippen LogP contribution < -0.4 is 5.32 Å². The Hall–Kier alpha value is -2.65. The summed E-state index contributed by atoms with van der Waals surface area (Å²) < 4.78 is 16.1. The van der Waals surface area contributed by atoms with Crippen molar-refractivity contribution in [3.05, 3.63) is 0 Å². The monoisotopic (exact) mass is 627 g/mol. The fourth-order valence-electron chi connectivity index (χ4n) is 4.82. The molecule has 0 aromatic carbocycles. The summed E-state index contributed by atoms with van der Waals surface area (Å²) >= 11 is 0. The van der Waals surface area contributed by atoms with Crippen LogP contribution in [-0.4, -0.2) is 60.3 Å². The van der Waals surface area contributed by atoms with Crippen LogP contribution in [0.5, 0.6) is 0 Å². The van der Waals surface area contributed by atoms with Crippen molar-refractivity contribution in [1.29, 1.82) is 0 Å². The largest absolute Gasteiger partial charge is 0.481 e. The summed E-state index contributed by atoms with van der Waals surface area (Å²) in [6.07, 6.45) is 19.1. The zero-order valence-corrected chi connectivity index (χ0v) is 27.8. The second kappa shape index (κ2) is 29.1. The van der Waals surface area contributed by atoms with Crippen molar-refractivity contribution in [2.75, 3.05) is 13.2 Å². The van der Waals surface area contributed by atoms with Gasteiger partial charge in [0.2, 0.25) is 5.91 Å². The van der Waals surface area contributed by atoms with Crippen LogP contribution in [0.25, 0.3) is 0 Å². The van der Waals surface area contributed by atoms with Crippen molar-refractivity contribution in [3.63, 3.8) is 0 Å². The number of carboxylic acid groups (broad SMARTS) is 1. The summed E-state index contributed by atoms with van der Waals surface area (Å²) in [5.74, 6) is -3.34. The third-order valence-electron chi connectivity index (χ3n) is 7.42. The van der Waals surface area contributed by atoms with Crippen molar-refractivity contribution >= 4 is 29.8 Å². The van der Waals surface area contributed by atoms with Crippen LogP contribution in [0.4, 0.5) is 0 Å². The molecular formula is C34H61NO9. The number of carboxylic acids is 1. The molecular weight excluding hydrogens is 566 g/mol. The van der Waals surface area contributed by atoms with Crippen LogP contribution in [0.3, 0.4) is 0 Å². The summed E-state index contributed by atoms with van der Waals surface area (Å²) in [5, 5.41) is 11.3. The highest BCUT2D eigenvalue weighted by Crippen LogP contribution is 2.13. The molecule has 1 amide bonds. The zero-order chi connectivity index (χ0) is 32.8. The lowest BCUT2D eigenvalue weighted by molar-refractivity contribution is -0.168. The Balaban J connectivity index is 4.71. The normalized spacial score (nSPS) is 12.2. The van der Waals surface area contributed by atoms with E-state index in [2.05, 4.69) is 19.2 Å². The van der Waals surface area contributed by atoms with Crippen LogP contribution in [-0.2, 0) is 38.2 Å². The Kier molecular flexibility index (Phi) is 27.3. The number of aliphatic carboxylic acids is 1. The number of carbonyl (C=O) groups excluding carboxylic acids is 4. The molecule has 0 fully saturated rings. The number of ether oxygens (including phenoxy) is 3. The van der Waals surface area contributed by atoms with Gasteiger partial charge in [-0.1, -0.05) is 117 Å². The molecule has 10 nitrogen and oxygen atoms in total. The second-order valence-corrected chi connectivity index (χ2v) is 11.8. The molecule has 0 aromatic rings. The molecule has 0 unspecified atom stereocenters. The van der Waals surface area contributed by atoms with Crippen molar-refractivity contribution in [2.24, 2.45) is 0 Å². The molecule has 0 rings (SSSR count). The van der Waals surface area contributed by atoms with Crippen LogP contribution >= 0.6 is 0 Å². The SMILES string of the molecule is CCCCCCCCCCCC(=O)OC[C@H](COC(=O)[C@H](CCC(=O)O)NC(C)=O)OC(=O)CCCCCCCCCCC. The first-order chi connectivity index (χ1) is 21.2. The number of amides is 1. The minimum Gasteiger partial charge on any atom is -0.481 e. The Labute approximate surface area is 265 Å². The quantitative estimate of drug-likeness (QED) is 0.0480. The van der Waals surface area contributed by atoms with Gasteiger partial charge in [0.15, 0.2) is 6.10 Å². The highest BCUT2D eigenvalue weighted by Gasteiger charge is 2.25. The molecule has 2 N–H and O–H groups in total. The van der Waals surface area contributed by atoms with Crippen LogP contribution in [0, 0.1) is 0 Å². The molecule has 0 spiro atoms. The van der Waals surface area contributed by atoms with Crippen molar-refractivity contribution < 1.29 is 43.3 Å². The molecule has 256 valence electrons. The van der Waals surface area contributed by atoms with Gasteiger partial charge in [-0.3, -0.25) is 19.2 Å². The van der Waals surface area contributed by atoms with Gasteiger partial charge in [0, 0.05) is 26.2 Å². The summed E-state index contributed by atoms with van der Waals surface area (Å²) in [6, 6.07) is -1.16. The van der Waals surface area contributed by atoms with Gasteiger partial charge in [0.1, 0.15) is 19.3 Å². The molecule has 0 saturated heterocycles. The minimum atomic E-state index is -1.16. The van der Waals surface area contributed by atoms with E-state index >= 15 is 0 Å². The summed E-state index contributed by atoms with van der Waals surface area (Å²) in [6.45, 7) is 4.97. The average molecular weight is 628 g/mol. The van der Waals surface area contributed by atoms with Gasteiger partial charge in [-0.2, -0.15) is 0 Å². The molecule has 0 aliphatic heterocycles. The lowest BCUT2D eigenvalue weighted by atomic mass is 10.1. The van der Waals surface area contributed by atoms with E-state index in [-0.39, 0.29) is 38.9 Å². The van der Waals surface area contributed by atoms with Gasteiger partial charge in [0.25, 0.3) is 0 Å². The molecule has 44 heavy (non-hydrogen) atoms. The van der Waals surface area contributed by atoms with Gasteiger partial charge in [0.05, 0.1) is 0 Å². The van der Waals surface area contributed by atoms with Gasteiger partial charge in [-0.15, -0.1) is 0 Å². The van der Waals surface area contributed by atoms with Crippen LogP contribution in [0.15, 0.2) is 0 Å². The fraction of sp³-hybridized carbons (Fsp3) is 0.853. The van der Waals surface area contributed by atoms with Crippen molar-refractivity contribution in [2.45, 2.75) is 174 Å². The van der Waals surface area contributed by atoms with E-state index in [4.69, 9.17) is 19.3 Å². The predicted octanol–water partition coefficient (Wildman–Crippen LogP) is 7.20. The number of rotatable bonds is 30. The predicted molar refractivity (Wildman–Crippen MR) is 170 cm³/mol. The van der Waals surface area contributed by atoms with Crippen LogP contribution in [0.1, 0.15) is 162 Å². The molecule has 0 saturated carbocycles. The molecule has 0 radical (unpaired) electrons. The maximum atomic E-state index is 12.6. The van der Waals surface area contributed by atoms with Crippen molar-refractivity contribution in [3.8, 4) is 0 Å². The zero-order valence-electron chi connectivity index (χ0n) is 27.8. The number of esters is 3. The smallest absolute Gasteiger partial charge is 0.328 e. The number of hydrogen-bond acceptors (Lipinski definition) is 8. The first-order valence-corrected chi connectivity index (χ1v) is 17.2. The van der Waals surface area contributed by atoms with E-state index in [1.807, 2.05) is 0 Å². The van der Waals surface area contributed by atoms with E-state index in [0.29, 0.717) is 12.8 Å². The Morgan fingerprint density at radius 1 is 0.591 bits per heavy atom. The maximum Gasteiger partial charge on any atom is 0.328 e. The second-order valence-electron chi connectivity index (χ2n) is 11.8. The minimum absolute atomic E-state index is 0.148. The number of nitrogens with one attached hydrogen (secondary N) is 1. The molecule has 0 heterocycles. The lowest BCUT2D eigenvalue weighted by Crippen LogP contribution is -2.42. The molecule has 0 aliphatic carbocycles. The Bertz CT molecular complexity index is 787. The van der Waals surface area contributed by atoms with Gasteiger partial charge in [-0.25, -0.2) is 4.79 Å². The maximum absolute atomic E-state index is 12.6. The number of hydrogen-bond donors (Lipinski definition) is 2. The van der Waals surface area contributed by atoms with E-state index in [1.165, 1.54) is 71.1 Å².